The summed E-state index contributed by atoms with van der Waals surface area (Å²) in [5.41, 5.74) is 9.50. The molecule has 0 aromatic rings. The number of guanidine groups is 1. The summed E-state index contributed by atoms with van der Waals surface area (Å²) < 4.78 is 35.7. The summed E-state index contributed by atoms with van der Waals surface area (Å²) in [6, 6.07) is 0. The second kappa shape index (κ2) is 3.49. The fraction of sp³-hybridized carbons (Fsp3) is 0.571. The molecule has 1 aliphatic heterocycles. The largest absolute Gasteiger partial charge is 0.389 e. The Morgan fingerprint density at radius 1 is 1.50 bits per heavy atom. The molecule has 0 spiro atoms. The quantitative estimate of drug-likeness (QED) is 0.615. The van der Waals surface area contributed by atoms with Crippen LogP contribution in [-0.4, -0.2) is 17.8 Å². The predicted molar refractivity (Wildman–Crippen MR) is 46.1 cm³/mol. The van der Waals surface area contributed by atoms with Crippen molar-refractivity contribution in [1.29, 1.82) is 0 Å². The van der Waals surface area contributed by atoms with Crippen LogP contribution in [0.5, 0.6) is 0 Å². The lowest BCUT2D eigenvalue weighted by Crippen LogP contribution is -2.44. The third-order valence-corrected chi connectivity index (χ3v) is 1.74. The highest BCUT2D eigenvalue weighted by Gasteiger charge is 2.33. The smallest absolute Gasteiger partial charge is 0.370 e. The molecule has 0 radical (unpaired) electrons. The number of nitrogens with two attached hydrogens (primary N) is 2. The molecule has 1 heterocycles. The van der Waals surface area contributed by atoms with Gasteiger partial charge in [0.2, 0.25) is 0 Å². The average molecular weight is 208 g/mol. The van der Waals surface area contributed by atoms with E-state index in [1.54, 1.807) is 0 Å². The summed E-state index contributed by atoms with van der Waals surface area (Å²) in [7, 11) is 0. The first kappa shape index (κ1) is 10.8. The fourth-order valence-electron chi connectivity index (χ4n) is 1.05. The summed E-state index contributed by atoms with van der Waals surface area (Å²) >= 11 is 0. The van der Waals surface area contributed by atoms with Gasteiger partial charge in [0, 0.05) is 12.6 Å². The molecule has 1 unspecified atom stereocenters. The molecule has 1 aliphatic rings. The van der Waals surface area contributed by atoms with E-state index in [1.807, 2.05) is 0 Å². The Bertz CT molecular complexity index is 271. The van der Waals surface area contributed by atoms with Crippen molar-refractivity contribution in [2.45, 2.75) is 24.7 Å². The van der Waals surface area contributed by atoms with Gasteiger partial charge in [-0.25, -0.2) is 4.99 Å². The molecule has 0 saturated heterocycles. The first-order valence-electron chi connectivity index (χ1n) is 3.96. The van der Waals surface area contributed by atoms with E-state index in [2.05, 4.69) is 10.3 Å². The lowest BCUT2D eigenvalue weighted by atomic mass is 10.0. The number of rotatable bonds is 2. The zero-order chi connectivity index (χ0) is 10.8. The van der Waals surface area contributed by atoms with Gasteiger partial charge in [0.05, 0.1) is 0 Å². The van der Waals surface area contributed by atoms with Gasteiger partial charge in [-0.15, -0.1) is 0 Å². The van der Waals surface area contributed by atoms with Gasteiger partial charge in [0.25, 0.3) is 0 Å². The molecular formula is C7H11F3N4. The van der Waals surface area contributed by atoms with E-state index in [4.69, 9.17) is 11.5 Å². The van der Waals surface area contributed by atoms with Crippen LogP contribution in [0.1, 0.15) is 12.8 Å². The van der Waals surface area contributed by atoms with Crippen LogP contribution in [0, 0.1) is 0 Å². The third-order valence-electron chi connectivity index (χ3n) is 1.74. The minimum absolute atomic E-state index is 0.0252. The number of hydrogen-bond acceptors (Lipinski definition) is 4. The topological polar surface area (TPSA) is 76.4 Å². The zero-order valence-electron chi connectivity index (χ0n) is 7.30. The van der Waals surface area contributed by atoms with E-state index in [1.165, 1.54) is 12.3 Å². The number of aliphatic imine (C=N–C) groups is 1. The third kappa shape index (κ3) is 3.25. The van der Waals surface area contributed by atoms with Crippen LogP contribution in [0.3, 0.4) is 0 Å². The van der Waals surface area contributed by atoms with Gasteiger partial charge in [-0.05, 0) is 12.5 Å². The summed E-state index contributed by atoms with van der Waals surface area (Å²) in [4.78, 5) is 3.69. The molecule has 7 heteroatoms. The Kier molecular flexibility index (Phi) is 2.70. The first-order valence-corrected chi connectivity index (χ1v) is 3.96. The zero-order valence-corrected chi connectivity index (χ0v) is 7.30. The highest BCUT2D eigenvalue weighted by Crippen LogP contribution is 2.26. The van der Waals surface area contributed by atoms with Gasteiger partial charge in [-0.2, -0.15) is 13.2 Å². The van der Waals surface area contributed by atoms with Crippen LogP contribution in [0.25, 0.3) is 0 Å². The van der Waals surface area contributed by atoms with Gasteiger partial charge >= 0.3 is 6.18 Å². The van der Waals surface area contributed by atoms with Crippen molar-refractivity contribution in [3.63, 3.8) is 0 Å². The van der Waals surface area contributed by atoms with Crippen LogP contribution < -0.4 is 16.8 Å². The van der Waals surface area contributed by atoms with Crippen molar-refractivity contribution in [1.82, 2.24) is 5.32 Å². The maximum atomic E-state index is 11.9. The maximum Gasteiger partial charge on any atom is 0.389 e. The van der Waals surface area contributed by atoms with Crippen molar-refractivity contribution in [2.75, 3.05) is 0 Å². The first-order chi connectivity index (χ1) is 6.31. The second-order valence-corrected chi connectivity index (χ2v) is 3.08. The number of nitrogens with one attached hydrogen (secondary N) is 1. The average Bonchev–Trinajstić information content (AvgIpc) is 1.99. The molecular weight excluding hydrogens is 197 g/mol. The Balaban J connectivity index is 2.58. The van der Waals surface area contributed by atoms with Gasteiger partial charge in [-0.1, -0.05) is 0 Å². The number of alkyl halides is 3. The predicted octanol–water partition coefficient (Wildman–Crippen LogP) is 0.415. The summed E-state index contributed by atoms with van der Waals surface area (Å²) in [5.74, 6) is 0.0252. The molecule has 1 rings (SSSR count). The van der Waals surface area contributed by atoms with Crippen molar-refractivity contribution >= 4 is 5.96 Å². The Morgan fingerprint density at radius 2 is 2.14 bits per heavy atom. The molecule has 0 bridgehead atoms. The summed E-state index contributed by atoms with van der Waals surface area (Å²) in [6.45, 7) is 0. The molecule has 14 heavy (non-hydrogen) atoms. The molecule has 4 nitrogen and oxygen atoms in total. The SMILES string of the molecule is NC1=NC(N)(CCC(F)(F)F)C=CN1. The summed E-state index contributed by atoms with van der Waals surface area (Å²) in [6.07, 6.45) is -2.77. The van der Waals surface area contributed by atoms with Gasteiger partial charge < -0.3 is 16.8 Å². The lowest BCUT2D eigenvalue weighted by Gasteiger charge is -2.25. The second-order valence-electron chi connectivity index (χ2n) is 3.08. The molecule has 80 valence electrons. The highest BCUT2D eigenvalue weighted by molar-refractivity contribution is 5.80. The molecule has 0 fully saturated rings. The van der Waals surface area contributed by atoms with E-state index >= 15 is 0 Å². The number of halogens is 3. The van der Waals surface area contributed by atoms with Crippen molar-refractivity contribution in [2.24, 2.45) is 16.5 Å². The van der Waals surface area contributed by atoms with E-state index in [0.717, 1.165) is 0 Å². The van der Waals surface area contributed by atoms with Crippen LogP contribution in [0.4, 0.5) is 13.2 Å². The standard InChI is InChI=1S/C7H11F3N4/c8-7(9,10)2-1-6(12)3-4-13-5(11)14-6/h3-4H,1-2,12H2,(H3,11,13,14). The molecule has 1 atom stereocenters. The van der Waals surface area contributed by atoms with Crippen molar-refractivity contribution in [3.05, 3.63) is 12.3 Å². The highest BCUT2D eigenvalue weighted by atomic mass is 19.4. The molecule has 0 aromatic carbocycles. The Labute approximate surface area is 78.9 Å². The molecule has 0 aliphatic carbocycles. The maximum absolute atomic E-state index is 11.9. The van der Waals surface area contributed by atoms with Crippen LogP contribution >= 0.6 is 0 Å². The molecule has 0 saturated carbocycles. The number of nitrogens with zero attached hydrogens (tertiary/aromatic N) is 1. The summed E-state index contributed by atoms with van der Waals surface area (Å²) in [5, 5.41) is 2.52. The van der Waals surface area contributed by atoms with E-state index in [-0.39, 0.29) is 12.4 Å². The lowest BCUT2D eigenvalue weighted by molar-refractivity contribution is -0.137. The van der Waals surface area contributed by atoms with E-state index in [0.29, 0.717) is 0 Å². The van der Waals surface area contributed by atoms with Crippen LogP contribution in [0.2, 0.25) is 0 Å². The van der Waals surface area contributed by atoms with Crippen LogP contribution in [-0.2, 0) is 0 Å². The molecule has 0 aromatic heterocycles. The Hall–Kier alpha value is -1.24. The van der Waals surface area contributed by atoms with E-state index in [9.17, 15) is 13.2 Å². The van der Waals surface area contributed by atoms with Gasteiger partial charge in [-0.3, -0.25) is 0 Å². The number of hydrogen-bond donors (Lipinski definition) is 3. The van der Waals surface area contributed by atoms with Crippen LogP contribution in [0.15, 0.2) is 17.3 Å². The fourth-order valence-corrected chi connectivity index (χ4v) is 1.05. The van der Waals surface area contributed by atoms with E-state index < -0.39 is 18.3 Å². The van der Waals surface area contributed by atoms with Crippen molar-refractivity contribution in [3.8, 4) is 0 Å². The van der Waals surface area contributed by atoms with Gasteiger partial charge in [0.1, 0.15) is 5.66 Å². The minimum atomic E-state index is -4.23. The van der Waals surface area contributed by atoms with Crippen molar-refractivity contribution < 1.29 is 13.2 Å². The Morgan fingerprint density at radius 3 is 2.64 bits per heavy atom. The monoisotopic (exact) mass is 208 g/mol. The minimum Gasteiger partial charge on any atom is -0.370 e. The normalized spacial score (nSPS) is 27.0. The van der Waals surface area contributed by atoms with Gasteiger partial charge in [0.15, 0.2) is 5.96 Å². The molecule has 5 N–H and O–H groups in total. The molecule has 0 amide bonds.